The maximum atomic E-state index is 12.9. The average Bonchev–Trinajstić information content (AvgIpc) is 2.86. The van der Waals surface area contributed by atoms with Gasteiger partial charge in [-0.3, -0.25) is 28.3 Å². The molecule has 2 aromatic carbocycles. The molecule has 0 saturated carbocycles. The standard InChI is InChI=1S/C24H33F3N6O6S2/c1-17-13-19(30(2)41(37,38)39)4-6-21(17)33-8-7-28-23(16-33)32-11-9-31(10-12-32)22-5-3-18(15-24(25,26)27)14-20(22)29-40(34,35)36/h3-6,13-14,23,28-29H,7-12,15-16H2,1-2H3,(H,34,35,36)(H,37,38,39). The third-order valence-corrected chi connectivity index (χ3v) is 8.57. The van der Waals surface area contributed by atoms with Crippen molar-refractivity contribution >= 4 is 43.4 Å². The van der Waals surface area contributed by atoms with E-state index in [1.54, 1.807) is 12.1 Å². The van der Waals surface area contributed by atoms with Gasteiger partial charge in [0.15, 0.2) is 0 Å². The monoisotopic (exact) mass is 622 g/mol. The predicted molar refractivity (Wildman–Crippen MR) is 150 cm³/mol. The summed E-state index contributed by atoms with van der Waals surface area (Å²) in [6, 6.07) is 8.95. The number of hydrogen-bond donors (Lipinski definition) is 4. The van der Waals surface area contributed by atoms with Gasteiger partial charge in [-0.25, -0.2) is 0 Å². The molecule has 0 aliphatic carbocycles. The fourth-order valence-corrected chi connectivity index (χ4v) is 6.03. The number of benzene rings is 2. The van der Waals surface area contributed by atoms with Gasteiger partial charge in [-0.15, -0.1) is 0 Å². The maximum Gasteiger partial charge on any atom is 0.393 e. The highest BCUT2D eigenvalue weighted by molar-refractivity contribution is 7.87. The summed E-state index contributed by atoms with van der Waals surface area (Å²) >= 11 is 0. The Kier molecular flexibility index (Phi) is 8.96. The van der Waals surface area contributed by atoms with Gasteiger partial charge >= 0.3 is 26.8 Å². The van der Waals surface area contributed by atoms with E-state index in [9.17, 15) is 39.1 Å². The van der Waals surface area contributed by atoms with E-state index in [0.29, 0.717) is 50.6 Å². The summed E-state index contributed by atoms with van der Waals surface area (Å²) in [6.45, 7) is 6.01. The molecule has 0 bridgehead atoms. The van der Waals surface area contributed by atoms with Crippen LogP contribution in [0.5, 0.6) is 0 Å². The molecule has 1 unspecified atom stereocenters. The molecule has 2 fully saturated rings. The molecule has 2 saturated heterocycles. The van der Waals surface area contributed by atoms with Gasteiger partial charge in [0.2, 0.25) is 0 Å². The average molecular weight is 623 g/mol. The van der Waals surface area contributed by atoms with Crippen LogP contribution in [0.3, 0.4) is 0 Å². The van der Waals surface area contributed by atoms with Crippen molar-refractivity contribution in [2.75, 3.05) is 71.7 Å². The molecule has 0 aromatic heterocycles. The molecule has 2 aliphatic rings. The quantitative estimate of drug-likeness (QED) is 0.323. The minimum atomic E-state index is -4.71. The first-order valence-electron chi connectivity index (χ1n) is 12.7. The molecule has 1 atom stereocenters. The van der Waals surface area contributed by atoms with E-state index in [4.69, 9.17) is 0 Å². The van der Waals surface area contributed by atoms with Crippen molar-refractivity contribution in [2.45, 2.75) is 25.7 Å². The summed E-state index contributed by atoms with van der Waals surface area (Å²) in [6.07, 6.45) is -5.72. The molecular weight excluding hydrogens is 589 g/mol. The molecular formula is C24H33F3N6O6S2. The first-order valence-corrected chi connectivity index (χ1v) is 15.6. The van der Waals surface area contributed by atoms with E-state index in [1.165, 1.54) is 19.2 Å². The fraction of sp³-hybridized carbons (Fsp3) is 0.500. The minimum absolute atomic E-state index is 0.0185. The summed E-state index contributed by atoms with van der Waals surface area (Å²) < 4.78 is 106. The number of anilines is 4. The van der Waals surface area contributed by atoms with Gasteiger partial charge in [0, 0.05) is 58.5 Å². The summed E-state index contributed by atoms with van der Waals surface area (Å²) in [7, 11) is -7.81. The van der Waals surface area contributed by atoms with E-state index >= 15 is 0 Å². The lowest BCUT2D eigenvalue weighted by molar-refractivity contribution is -0.127. The van der Waals surface area contributed by atoms with Gasteiger partial charge in [0.05, 0.1) is 29.6 Å². The molecule has 12 nitrogen and oxygen atoms in total. The van der Waals surface area contributed by atoms with Crippen molar-refractivity contribution in [1.82, 2.24) is 10.2 Å². The predicted octanol–water partition coefficient (Wildman–Crippen LogP) is 2.11. The van der Waals surface area contributed by atoms with Crippen molar-refractivity contribution in [2.24, 2.45) is 0 Å². The summed E-state index contributed by atoms with van der Waals surface area (Å²) in [4.78, 5) is 6.27. The van der Waals surface area contributed by atoms with Crippen LogP contribution in [0.15, 0.2) is 36.4 Å². The van der Waals surface area contributed by atoms with E-state index in [2.05, 4.69) is 15.1 Å². The van der Waals surface area contributed by atoms with Crippen molar-refractivity contribution in [3.05, 3.63) is 47.5 Å². The molecule has 4 rings (SSSR count). The molecule has 0 radical (unpaired) electrons. The molecule has 41 heavy (non-hydrogen) atoms. The highest BCUT2D eigenvalue weighted by atomic mass is 32.2. The summed E-state index contributed by atoms with van der Waals surface area (Å²) in [5.41, 5.74) is 2.23. The van der Waals surface area contributed by atoms with Gasteiger partial charge in [-0.05, 0) is 48.4 Å². The molecule has 2 aliphatic heterocycles. The Balaban J connectivity index is 1.43. The Labute approximate surface area is 237 Å². The largest absolute Gasteiger partial charge is 0.393 e. The van der Waals surface area contributed by atoms with Crippen LogP contribution in [-0.2, 0) is 27.0 Å². The normalized spacial score (nSPS) is 19.3. The lowest BCUT2D eigenvalue weighted by Crippen LogP contribution is -2.62. The molecule has 2 heterocycles. The lowest BCUT2D eigenvalue weighted by Gasteiger charge is -2.45. The number of nitrogens with one attached hydrogen (secondary N) is 2. The van der Waals surface area contributed by atoms with Crippen molar-refractivity contribution < 1.29 is 39.1 Å². The Morgan fingerprint density at radius 3 is 2.22 bits per heavy atom. The number of halogens is 3. The zero-order valence-corrected chi connectivity index (χ0v) is 24.1. The van der Waals surface area contributed by atoms with Gasteiger partial charge in [0.25, 0.3) is 0 Å². The molecule has 228 valence electrons. The van der Waals surface area contributed by atoms with E-state index in [0.717, 1.165) is 28.2 Å². The highest BCUT2D eigenvalue weighted by Crippen LogP contribution is 2.32. The van der Waals surface area contributed by atoms with Gasteiger partial charge in [0.1, 0.15) is 0 Å². The van der Waals surface area contributed by atoms with Crippen LogP contribution in [-0.4, -0.2) is 96.0 Å². The van der Waals surface area contributed by atoms with Crippen LogP contribution in [0.2, 0.25) is 0 Å². The third-order valence-electron chi connectivity index (χ3n) is 7.19. The van der Waals surface area contributed by atoms with Gasteiger partial charge in [-0.2, -0.15) is 30.0 Å². The van der Waals surface area contributed by atoms with Crippen LogP contribution < -0.4 is 24.1 Å². The van der Waals surface area contributed by atoms with Crippen LogP contribution in [0, 0.1) is 6.92 Å². The topological polar surface area (TPSA) is 146 Å². The highest BCUT2D eigenvalue weighted by Gasteiger charge is 2.31. The Hall–Kier alpha value is -2.83. The Bertz CT molecular complexity index is 1470. The Morgan fingerprint density at radius 1 is 0.976 bits per heavy atom. The van der Waals surface area contributed by atoms with Gasteiger partial charge < -0.3 is 9.80 Å². The van der Waals surface area contributed by atoms with Crippen LogP contribution in [0.1, 0.15) is 11.1 Å². The van der Waals surface area contributed by atoms with Crippen LogP contribution in [0.25, 0.3) is 0 Å². The first-order chi connectivity index (χ1) is 19.0. The molecule has 2 aromatic rings. The zero-order valence-electron chi connectivity index (χ0n) is 22.5. The number of hydrogen-bond acceptors (Lipinski definition) is 8. The SMILES string of the molecule is Cc1cc(N(C)S(=O)(=O)O)ccc1N1CCNC(N2CCN(c3ccc(CC(F)(F)F)cc3NS(=O)(=O)O)CC2)C1. The van der Waals surface area contributed by atoms with Crippen LogP contribution in [0.4, 0.5) is 35.9 Å². The second kappa shape index (κ2) is 11.8. The number of nitrogens with zero attached hydrogens (tertiary/aromatic N) is 4. The first kappa shape index (κ1) is 31.1. The summed E-state index contributed by atoms with van der Waals surface area (Å²) in [5, 5.41) is 3.50. The molecule has 0 amide bonds. The zero-order chi connectivity index (χ0) is 30.2. The van der Waals surface area contributed by atoms with E-state index in [-0.39, 0.29) is 17.4 Å². The minimum Gasteiger partial charge on any atom is -0.367 e. The van der Waals surface area contributed by atoms with Crippen LogP contribution >= 0.6 is 0 Å². The van der Waals surface area contributed by atoms with Crippen molar-refractivity contribution in [3.8, 4) is 0 Å². The molecule has 17 heteroatoms. The second-order valence-corrected chi connectivity index (χ2v) is 12.7. The van der Waals surface area contributed by atoms with Gasteiger partial charge in [-0.1, -0.05) is 6.07 Å². The molecule has 4 N–H and O–H groups in total. The third kappa shape index (κ3) is 8.14. The lowest BCUT2D eigenvalue weighted by atomic mass is 10.1. The number of piperazine rings is 2. The molecule has 0 spiro atoms. The number of rotatable bonds is 8. The smallest absolute Gasteiger partial charge is 0.367 e. The van der Waals surface area contributed by atoms with Crippen molar-refractivity contribution in [1.29, 1.82) is 0 Å². The number of alkyl halides is 3. The number of aryl methyl sites for hydroxylation is 1. The van der Waals surface area contributed by atoms with E-state index < -0.39 is 33.2 Å². The summed E-state index contributed by atoms with van der Waals surface area (Å²) in [5.74, 6) is 0. The van der Waals surface area contributed by atoms with E-state index in [1.807, 2.05) is 22.6 Å². The van der Waals surface area contributed by atoms with Crippen molar-refractivity contribution in [3.63, 3.8) is 0 Å². The Morgan fingerprint density at radius 2 is 1.63 bits per heavy atom. The fourth-order valence-electron chi connectivity index (χ4n) is 5.21. The second-order valence-electron chi connectivity index (χ2n) is 10.1. The maximum absolute atomic E-state index is 12.9.